The van der Waals surface area contributed by atoms with Gasteiger partial charge in [0.25, 0.3) is 5.91 Å². The van der Waals surface area contributed by atoms with Crippen LogP contribution in [0.2, 0.25) is 5.02 Å². The van der Waals surface area contributed by atoms with Crippen molar-refractivity contribution in [3.05, 3.63) is 53.1 Å². The molecular weight excluding hydrogens is 364 g/mol. The monoisotopic (exact) mass is 378 g/mol. The maximum atomic E-state index is 13.1. The molecule has 130 valence electrons. The van der Waals surface area contributed by atoms with Crippen molar-refractivity contribution in [3.8, 4) is 5.75 Å². The molecule has 1 fully saturated rings. The lowest BCUT2D eigenvalue weighted by Gasteiger charge is -2.40. The minimum atomic E-state index is -3.77. The van der Waals surface area contributed by atoms with Crippen molar-refractivity contribution < 1.29 is 17.9 Å². The molecule has 2 aromatic carbocycles. The molecule has 2 heterocycles. The van der Waals surface area contributed by atoms with Gasteiger partial charge in [-0.05, 0) is 18.1 Å². The van der Waals surface area contributed by atoms with Crippen LogP contribution in [0.3, 0.4) is 0 Å². The van der Waals surface area contributed by atoms with Crippen molar-refractivity contribution in [1.82, 2.24) is 4.31 Å². The Morgan fingerprint density at radius 3 is 2.64 bits per heavy atom. The molecule has 0 aromatic heterocycles. The van der Waals surface area contributed by atoms with E-state index in [0.29, 0.717) is 18.0 Å². The predicted molar refractivity (Wildman–Crippen MR) is 93.3 cm³/mol. The van der Waals surface area contributed by atoms with Crippen LogP contribution in [-0.2, 0) is 14.8 Å². The third-order valence-corrected chi connectivity index (χ3v) is 6.78. The van der Waals surface area contributed by atoms with Crippen LogP contribution in [0.1, 0.15) is 18.0 Å². The second kappa shape index (κ2) is 6.01. The molecule has 1 N–H and O–H groups in total. The largest absolute Gasteiger partial charge is 0.482 e. The Morgan fingerprint density at radius 2 is 1.96 bits per heavy atom. The van der Waals surface area contributed by atoms with Crippen molar-refractivity contribution in [1.29, 1.82) is 0 Å². The first-order valence-corrected chi connectivity index (χ1v) is 9.61. The van der Waals surface area contributed by atoms with Gasteiger partial charge < -0.3 is 10.1 Å². The molecule has 1 amide bonds. The van der Waals surface area contributed by atoms with Gasteiger partial charge in [0.1, 0.15) is 10.6 Å². The summed E-state index contributed by atoms with van der Waals surface area (Å²) < 4.78 is 32.9. The molecule has 1 saturated heterocycles. The molecule has 1 atom stereocenters. The Balaban J connectivity index is 1.70. The number of rotatable bonds is 3. The topological polar surface area (TPSA) is 75.7 Å². The summed E-state index contributed by atoms with van der Waals surface area (Å²) in [7, 11) is -3.77. The zero-order valence-corrected chi connectivity index (χ0v) is 14.7. The second-order valence-corrected chi connectivity index (χ2v) is 8.21. The minimum Gasteiger partial charge on any atom is -0.482 e. The SMILES string of the molecule is O=C1COc2cc(S(=O)(=O)N3CC[C@@H]3c3ccccc3)c(Cl)cc2N1. The lowest BCUT2D eigenvalue weighted by molar-refractivity contribution is -0.118. The van der Waals surface area contributed by atoms with Crippen LogP contribution in [0.25, 0.3) is 0 Å². The number of nitrogens with zero attached hydrogens (tertiary/aromatic N) is 1. The summed E-state index contributed by atoms with van der Waals surface area (Å²) in [4.78, 5) is 11.4. The van der Waals surface area contributed by atoms with Gasteiger partial charge in [0, 0.05) is 12.6 Å². The highest BCUT2D eigenvalue weighted by atomic mass is 35.5. The van der Waals surface area contributed by atoms with Gasteiger partial charge in [-0.1, -0.05) is 41.9 Å². The van der Waals surface area contributed by atoms with Crippen LogP contribution in [-0.4, -0.2) is 31.8 Å². The van der Waals surface area contributed by atoms with Crippen molar-refractivity contribution in [2.24, 2.45) is 0 Å². The van der Waals surface area contributed by atoms with E-state index >= 15 is 0 Å². The summed E-state index contributed by atoms with van der Waals surface area (Å²) in [6.07, 6.45) is 0.762. The normalized spacial score (nSPS) is 20.2. The number of hydrogen-bond donors (Lipinski definition) is 1. The molecule has 0 spiro atoms. The Kier molecular flexibility index (Phi) is 3.94. The van der Waals surface area contributed by atoms with E-state index in [2.05, 4.69) is 5.32 Å². The fourth-order valence-electron chi connectivity index (χ4n) is 3.06. The molecule has 0 unspecified atom stereocenters. The van der Waals surface area contributed by atoms with E-state index < -0.39 is 10.0 Å². The van der Waals surface area contributed by atoms with E-state index in [0.717, 1.165) is 12.0 Å². The number of sulfonamides is 1. The Bertz CT molecular complexity index is 947. The van der Waals surface area contributed by atoms with Gasteiger partial charge in [0.2, 0.25) is 10.0 Å². The summed E-state index contributed by atoms with van der Waals surface area (Å²) in [6.45, 7) is 0.289. The highest BCUT2D eigenvalue weighted by molar-refractivity contribution is 7.89. The van der Waals surface area contributed by atoms with Crippen molar-refractivity contribution in [2.45, 2.75) is 17.4 Å². The molecular formula is C17H15ClN2O4S. The van der Waals surface area contributed by atoms with Crippen LogP contribution in [0.4, 0.5) is 5.69 Å². The van der Waals surface area contributed by atoms with Gasteiger partial charge in [-0.3, -0.25) is 4.79 Å². The van der Waals surface area contributed by atoms with Crippen molar-refractivity contribution in [2.75, 3.05) is 18.5 Å². The van der Waals surface area contributed by atoms with Crippen LogP contribution in [0.15, 0.2) is 47.4 Å². The lowest BCUT2D eigenvalue weighted by atomic mass is 9.98. The Hall–Kier alpha value is -2.09. The van der Waals surface area contributed by atoms with Gasteiger partial charge in [0.15, 0.2) is 6.61 Å². The molecule has 0 aliphatic carbocycles. The molecule has 6 nitrogen and oxygen atoms in total. The third-order valence-electron chi connectivity index (χ3n) is 4.41. The van der Waals surface area contributed by atoms with E-state index in [4.69, 9.17) is 16.3 Å². The first kappa shape index (κ1) is 16.4. The number of amides is 1. The predicted octanol–water partition coefficient (Wildman–Crippen LogP) is 2.81. The summed E-state index contributed by atoms with van der Waals surface area (Å²) in [5.74, 6) is 0.00502. The first-order chi connectivity index (χ1) is 12.0. The van der Waals surface area contributed by atoms with E-state index in [-0.39, 0.29) is 28.5 Å². The maximum absolute atomic E-state index is 13.1. The third kappa shape index (κ3) is 2.78. The number of carbonyl (C=O) groups is 1. The molecule has 2 aliphatic heterocycles. The molecule has 2 aliphatic rings. The molecule has 25 heavy (non-hydrogen) atoms. The van der Waals surface area contributed by atoms with Crippen LogP contribution in [0.5, 0.6) is 5.75 Å². The highest BCUT2D eigenvalue weighted by Gasteiger charge is 2.40. The average Bonchev–Trinajstić information content (AvgIpc) is 2.53. The van der Waals surface area contributed by atoms with E-state index in [9.17, 15) is 13.2 Å². The number of anilines is 1. The number of carbonyl (C=O) groups excluding carboxylic acids is 1. The Labute approximate surface area is 150 Å². The van der Waals surface area contributed by atoms with Crippen LogP contribution in [0, 0.1) is 0 Å². The highest BCUT2D eigenvalue weighted by Crippen LogP contribution is 2.42. The van der Waals surface area contributed by atoms with Gasteiger partial charge in [-0.2, -0.15) is 4.31 Å². The van der Waals surface area contributed by atoms with Gasteiger partial charge >= 0.3 is 0 Å². The quantitative estimate of drug-likeness (QED) is 0.891. The smallest absolute Gasteiger partial charge is 0.262 e. The fraction of sp³-hybridized carbons (Fsp3) is 0.235. The van der Waals surface area contributed by atoms with Crippen LogP contribution < -0.4 is 10.1 Å². The number of halogens is 1. The summed E-state index contributed by atoms with van der Waals surface area (Å²) in [5, 5.41) is 2.67. The first-order valence-electron chi connectivity index (χ1n) is 7.80. The summed E-state index contributed by atoms with van der Waals surface area (Å²) in [6, 6.07) is 12.1. The standard InChI is InChI=1S/C17H15ClN2O4S/c18-12-8-13-15(24-10-17(21)19-13)9-16(12)25(22,23)20-7-6-14(20)11-4-2-1-3-5-11/h1-5,8-9,14H,6-7,10H2,(H,19,21)/t14-/m1/s1. The lowest BCUT2D eigenvalue weighted by Crippen LogP contribution is -2.45. The number of nitrogens with one attached hydrogen (secondary N) is 1. The second-order valence-electron chi connectivity index (χ2n) is 5.95. The van der Waals surface area contributed by atoms with Crippen LogP contribution >= 0.6 is 11.6 Å². The number of fused-ring (bicyclic) bond motifs is 1. The Morgan fingerprint density at radius 1 is 1.20 bits per heavy atom. The summed E-state index contributed by atoms with van der Waals surface area (Å²) in [5.41, 5.74) is 1.33. The number of ether oxygens (including phenoxy) is 1. The van der Waals surface area contributed by atoms with Gasteiger partial charge in [0.05, 0.1) is 16.8 Å². The molecule has 0 saturated carbocycles. The molecule has 2 aromatic rings. The van der Waals surface area contributed by atoms with E-state index in [1.54, 1.807) is 0 Å². The molecule has 0 radical (unpaired) electrons. The van der Waals surface area contributed by atoms with Gasteiger partial charge in [-0.15, -0.1) is 0 Å². The van der Waals surface area contributed by atoms with E-state index in [1.807, 2.05) is 30.3 Å². The average molecular weight is 379 g/mol. The zero-order valence-electron chi connectivity index (χ0n) is 13.1. The van der Waals surface area contributed by atoms with Crippen molar-refractivity contribution in [3.63, 3.8) is 0 Å². The molecule has 8 heteroatoms. The van der Waals surface area contributed by atoms with Gasteiger partial charge in [-0.25, -0.2) is 8.42 Å². The fourth-order valence-corrected chi connectivity index (χ4v) is 5.24. The number of hydrogen-bond acceptors (Lipinski definition) is 4. The summed E-state index contributed by atoms with van der Waals surface area (Å²) >= 11 is 6.20. The van der Waals surface area contributed by atoms with Crippen molar-refractivity contribution >= 4 is 33.2 Å². The van der Waals surface area contributed by atoms with E-state index in [1.165, 1.54) is 16.4 Å². The zero-order chi connectivity index (χ0) is 17.6. The molecule has 0 bridgehead atoms. The maximum Gasteiger partial charge on any atom is 0.262 e. The minimum absolute atomic E-state index is 0.00954. The molecule has 4 rings (SSSR count). The number of benzene rings is 2.